The average Bonchev–Trinajstić information content (AvgIpc) is 2.16. The third kappa shape index (κ3) is 2.04. The molecule has 1 saturated heterocycles. The van der Waals surface area contributed by atoms with Gasteiger partial charge in [-0.1, -0.05) is 6.92 Å². The van der Waals surface area contributed by atoms with Crippen LogP contribution in [0.1, 0.15) is 26.2 Å². The first-order chi connectivity index (χ1) is 6.57. The number of hydrogen-bond donors (Lipinski definition) is 2. The summed E-state index contributed by atoms with van der Waals surface area (Å²) in [6.45, 7) is 2.26. The Morgan fingerprint density at radius 2 is 1.64 bits per heavy atom. The van der Waals surface area contributed by atoms with Gasteiger partial charge in [-0.2, -0.15) is 0 Å². The maximum atomic E-state index is 10.9. The quantitative estimate of drug-likeness (QED) is 0.691. The first kappa shape index (κ1) is 11.0. The second-order valence-electron chi connectivity index (χ2n) is 3.47. The van der Waals surface area contributed by atoms with Gasteiger partial charge in [-0.3, -0.25) is 14.5 Å². The first-order valence-corrected chi connectivity index (χ1v) is 4.79. The van der Waals surface area contributed by atoms with E-state index in [-0.39, 0.29) is 0 Å². The van der Waals surface area contributed by atoms with Crippen LogP contribution < -0.4 is 0 Å². The second-order valence-corrected chi connectivity index (χ2v) is 3.47. The van der Waals surface area contributed by atoms with Crippen molar-refractivity contribution in [1.82, 2.24) is 4.90 Å². The molecule has 1 fully saturated rings. The van der Waals surface area contributed by atoms with Gasteiger partial charge in [0.05, 0.1) is 0 Å². The molecule has 1 aliphatic heterocycles. The van der Waals surface area contributed by atoms with Crippen molar-refractivity contribution in [2.75, 3.05) is 6.54 Å². The van der Waals surface area contributed by atoms with Gasteiger partial charge < -0.3 is 10.2 Å². The van der Waals surface area contributed by atoms with Gasteiger partial charge >= 0.3 is 11.9 Å². The predicted molar refractivity (Wildman–Crippen MR) is 49.1 cm³/mol. The lowest BCUT2D eigenvalue weighted by Gasteiger charge is -2.36. The Hall–Kier alpha value is -1.10. The fraction of sp³-hybridized carbons (Fsp3) is 0.778. The van der Waals surface area contributed by atoms with E-state index in [0.29, 0.717) is 25.8 Å². The van der Waals surface area contributed by atoms with Crippen LogP contribution in [0.25, 0.3) is 0 Å². The van der Waals surface area contributed by atoms with Gasteiger partial charge in [0.15, 0.2) is 0 Å². The molecular formula is C9H15NO4. The van der Waals surface area contributed by atoms with Crippen LogP contribution in [-0.2, 0) is 9.59 Å². The van der Waals surface area contributed by atoms with Crippen LogP contribution >= 0.6 is 0 Å². The fourth-order valence-electron chi connectivity index (χ4n) is 2.02. The molecule has 2 unspecified atom stereocenters. The highest BCUT2D eigenvalue weighted by Gasteiger charge is 2.37. The number of aliphatic carboxylic acids is 2. The molecule has 0 spiro atoms. The van der Waals surface area contributed by atoms with Crippen molar-refractivity contribution < 1.29 is 19.8 Å². The minimum Gasteiger partial charge on any atom is -0.480 e. The van der Waals surface area contributed by atoms with Crippen LogP contribution in [0.5, 0.6) is 0 Å². The molecule has 1 heterocycles. The van der Waals surface area contributed by atoms with Crippen LogP contribution in [0.15, 0.2) is 0 Å². The molecule has 2 atom stereocenters. The highest BCUT2D eigenvalue weighted by Crippen LogP contribution is 2.22. The molecule has 5 heteroatoms. The zero-order valence-electron chi connectivity index (χ0n) is 8.14. The molecule has 0 aromatic heterocycles. The zero-order chi connectivity index (χ0) is 10.7. The number of nitrogens with zero attached hydrogens (tertiary/aromatic N) is 1. The third-order valence-electron chi connectivity index (χ3n) is 2.69. The van der Waals surface area contributed by atoms with E-state index in [4.69, 9.17) is 10.2 Å². The number of hydrogen-bond acceptors (Lipinski definition) is 3. The summed E-state index contributed by atoms with van der Waals surface area (Å²) in [5.74, 6) is -1.84. The van der Waals surface area contributed by atoms with E-state index in [1.54, 1.807) is 11.8 Å². The minimum atomic E-state index is -0.919. The molecule has 0 amide bonds. The molecule has 2 N–H and O–H groups in total. The summed E-state index contributed by atoms with van der Waals surface area (Å²) >= 11 is 0. The van der Waals surface area contributed by atoms with Crippen molar-refractivity contribution in [1.29, 1.82) is 0 Å². The molecule has 0 aliphatic carbocycles. The maximum absolute atomic E-state index is 10.9. The van der Waals surface area contributed by atoms with E-state index in [1.165, 1.54) is 0 Å². The smallest absolute Gasteiger partial charge is 0.320 e. The molecule has 0 saturated carbocycles. The summed E-state index contributed by atoms with van der Waals surface area (Å²) in [5, 5.41) is 17.8. The van der Waals surface area contributed by atoms with E-state index in [0.717, 1.165) is 0 Å². The number of rotatable bonds is 3. The standard InChI is InChI=1S/C9H15NO4/c1-2-10-6(8(11)12)4-3-5-7(10)9(13)14/h6-7H,2-5H2,1H3,(H,11,12)(H,13,14). The topological polar surface area (TPSA) is 77.8 Å². The van der Waals surface area contributed by atoms with Gasteiger partial charge in [-0.15, -0.1) is 0 Å². The van der Waals surface area contributed by atoms with Crippen LogP contribution in [0.2, 0.25) is 0 Å². The minimum absolute atomic E-state index is 0.466. The van der Waals surface area contributed by atoms with E-state index in [2.05, 4.69) is 0 Å². The monoisotopic (exact) mass is 201 g/mol. The van der Waals surface area contributed by atoms with Crippen molar-refractivity contribution in [2.45, 2.75) is 38.3 Å². The van der Waals surface area contributed by atoms with E-state index < -0.39 is 24.0 Å². The fourth-order valence-corrected chi connectivity index (χ4v) is 2.02. The molecule has 80 valence electrons. The molecule has 14 heavy (non-hydrogen) atoms. The van der Waals surface area contributed by atoms with E-state index in [1.807, 2.05) is 0 Å². The van der Waals surface area contributed by atoms with Gasteiger partial charge in [0.2, 0.25) is 0 Å². The lowest BCUT2D eigenvalue weighted by molar-refractivity contribution is -0.153. The van der Waals surface area contributed by atoms with E-state index >= 15 is 0 Å². The molecule has 1 rings (SSSR count). The molecule has 1 aliphatic rings. The normalized spacial score (nSPS) is 28.6. The molecule has 0 aromatic rings. The van der Waals surface area contributed by atoms with Crippen LogP contribution in [0.4, 0.5) is 0 Å². The van der Waals surface area contributed by atoms with Crippen molar-refractivity contribution in [3.63, 3.8) is 0 Å². The van der Waals surface area contributed by atoms with Crippen LogP contribution in [0.3, 0.4) is 0 Å². The molecule has 0 radical (unpaired) electrons. The van der Waals surface area contributed by atoms with Crippen LogP contribution in [0, 0.1) is 0 Å². The Morgan fingerprint density at radius 1 is 1.21 bits per heavy atom. The number of carboxylic acid groups (broad SMARTS) is 2. The summed E-state index contributed by atoms with van der Waals surface area (Å²) in [6, 6.07) is -1.26. The lowest BCUT2D eigenvalue weighted by Crippen LogP contribution is -2.53. The Labute approximate surface area is 82.3 Å². The Kier molecular flexibility index (Phi) is 3.46. The summed E-state index contributed by atoms with van der Waals surface area (Å²) in [4.78, 5) is 23.3. The largest absolute Gasteiger partial charge is 0.480 e. The average molecular weight is 201 g/mol. The Bertz CT molecular complexity index is 219. The SMILES string of the molecule is CCN1C(C(=O)O)CCCC1C(=O)O. The highest BCUT2D eigenvalue weighted by atomic mass is 16.4. The van der Waals surface area contributed by atoms with Crippen molar-refractivity contribution in [3.05, 3.63) is 0 Å². The number of likely N-dealkylation sites (tertiary alicyclic amines) is 1. The first-order valence-electron chi connectivity index (χ1n) is 4.79. The van der Waals surface area contributed by atoms with Gasteiger partial charge in [0, 0.05) is 0 Å². The van der Waals surface area contributed by atoms with Gasteiger partial charge in [0.25, 0.3) is 0 Å². The summed E-state index contributed by atoms with van der Waals surface area (Å²) in [6.07, 6.45) is 1.77. The Balaban J connectivity index is 2.79. The van der Waals surface area contributed by atoms with Gasteiger partial charge in [-0.25, -0.2) is 0 Å². The number of carboxylic acids is 2. The van der Waals surface area contributed by atoms with Crippen LogP contribution in [-0.4, -0.2) is 45.7 Å². The maximum Gasteiger partial charge on any atom is 0.320 e. The molecule has 0 aromatic carbocycles. The van der Waals surface area contributed by atoms with Crippen molar-refractivity contribution >= 4 is 11.9 Å². The Morgan fingerprint density at radius 3 is 1.93 bits per heavy atom. The second kappa shape index (κ2) is 4.41. The van der Waals surface area contributed by atoms with E-state index in [9.17, 15) is 9.59 Å². The number of piperidine rings is 1. The van der Waals surface area contributed by atoms with Gasteiger partial charge in [0.1, 0.15) is 12.1 Å². The summed E-state index contributed by atoms with van der Waals surface area (Å²) in [5.41, 5.74) is 0. The summed E-state index contributed by atoms with van der Waals surface area (Å²) in [7, 11) is 0. The lowest BCUT2D eigenvalue weighted by atomic mass is 9.95. The highest BCUT2D eigenvalue weighted by molar-refractivity contribution is 5.78. The van der Waals surface area contributed by atoms with Crippen molar-refractivity contribution in [3.8, 4) is 0 Å². The van der Waals surface area contributed by atoms with Crippen molar-refractivity contribution in [2.24, 2.45) is 0 Å². The van der Waals surface area contributed by atoms with Gasteiger partial charge in [-0.05, 0) is 25.8 Å². The number of carbonyl (C=O) groups is 2. The molecular weight excluding hydrogens is 186 g/mol. The summed E-state index contributed by atoms with van der Waals surface area (Å²) < 4.78 is 0. The number of likely N-dealkylation sites (N-methyl/N-ethyl adjacent to an activating group) is 1. The predicted octanol–water partition coefficient (Wildman–Crippen LogP) is 0.399. The molecule has 0 bridgehead atoms. The third-order valence-corrected chi connectivity index (χ3v) is 2.69. The molecule has 5 nitrogen and oxygen atoms in total. The zero-order valence-corrected chi connectivity index (χ0v) is 8.14.